The Bertz CT molecular complexity index is 1160. The van der Waals surface area contributed by atoms with Gasteiger partial charge in [0.05, 0.1) is 29.6 Å². The van der Waals surface area contributed by atoms with E-state index < -0.39 is 15.8 Å². The highest BCUT2D eigenvalue weighted by atomic mass is 35.5. The summed E-state index contributed by atoms with van der Waals surface area (Å²) in [5.41, 5.74) is 0.753. The standard InChI is InChI=1S/C21H23ClFN5O4S/c1-24-13-3-6-18(17(22)9-13)27-20-19(23)21(26-12-25-20)32-16-10-14-4-5-15(11-16)28(14)33(29,30)8-7-31-2/h3,6,9,12,14-16H,4-5,7-8,10-11H2,2H3,(H,25,26,27)/t14-,15-/m0/s1. The van der Waals surface area contributed by atoms with Gasteiger partial charge in [-0.15, -0.1) is 0 Å². The summed E-state index contributed by atoms with van der Waals surface area (Å²) in [6.07, 6.45) is 3.22. The van der Waals surface area contributed by atoms with Crippen LogP contribution in [0.5, 0.6) is 5.88 Å². The van der Waals surface area contributed by atoms with Gasteiger partial charge in [0.2, 0.25) is 15.8 Å². The summed E-state index contributed by atoms with van der Waals surface area (Å²) in [5.74, 6) is -1.15. The highest BCUT2D eigenvalue weighted by Crippen LogP contribution is 2.40. The van der Waals surface area contributed by atoms with Crippen molar-refractivity contribution in [3.8, 4) is 5.88 Å². The van der Waals surface area contributed by atoms with Crippen molar-refractivity contribution in [3.63, 3.8) is 0 Å². The number of hydrogen-bond acceptors (Lipinski definition) is 7. The lowest BCUT2D eigenvalue weighted by molar-refractivity contribution is 0.0874. The molecule has 4 rings (SSSR count). The van der Waals surface area contributed by atoms with E-state index >= 15 is 4.39 Å². The Morgan fingerprint density at radius 1 is 1.30 bits per heavy atom. The zero-order chi connectivity index (χ0) is 23.6. The summed E-state index contributed by atoms with van der Waals surface area (Å²) < 4.78 is 52.9. The van der Waals surface area contributed by atoms with Gasteiger partial charge in [-0.3, -0.25) is 0 Å². The first kappa shape index (κ1) is 23.6. The van der Waals surface area contributed by atoms with Crippen LogP contribution in [0.4, 0.5) is 21.6 Å². The van der Waals surface area contributed by atoms with E-state index in [-0.39, 0.29) is 47.3 Å². The number of hydrogen-bond donors (Lipinski definition) is 1. The monoisotopic (exact) mass is 495 g/mol. The third-order valence-electron chi connectivity index (χ3n) is 5.86. The second-order valence-corrected chi connectivity index (χ2v) is 10.4. The maximum absolute atomic E-state index is 15.1. The molecular weight excluding hydrogens is 473 g/mol. The van der Waals surface area contributed by atoms with Gasteiger partial charge in [0.25, 0.3) is 5.88 Å². The van der Waals surface area contributed by atoms with Gasteiger partial charge < -0.3 is 14.8 Å². The molecule has 9 nitrogen and oxygen atoms in total. The van der Waals surface area contributed by atoms with Crippen molar-refractivity contribution >= 4 is 38.8 Å². The van der Waals surface area contributed by atoms with E-state index in [1.54, 1.807) is 16.4 Å². The lowest BCUT2D eigenvalue weighted by Crippen LogP contribution is -2.50. The van der Waals surface area contributed by atoms with Gasteiger partial charge in [0, 0.05) is 32.0 Å². The molecule has 0 spiro atoms. The first-order chi connectivity index (χ1) is 15.8. The maximum atomic E-state index is 15.1. The summed E-state index contributed by atoms with van der Waals surface area (Å²) in [6.45, 7) is 7.18. The van der Waals surface area contributed by atoms with Crippen LogP contribution >= 0.6 is 11.6 Å². The summed E-state index contributed by atoms with van der Waals surface area (Å²) in [5, 5.41) is 3.06. The number of sulfonamides is 1. The normalized spacial score (nSPS) is 22.7. The molecule has 1 aromatic carbocycles. The minimum atomic E-state index is -3.42. The summed E-state index contributed by atoms with van der Waals surface area (Å²) >= 11 is 6.16. The van der Waals surface area contributed by atoms with Gasteiger partial charge in [-0.1, -0.05) is 17.7 Å². The molecule has 0 unspecified atom stereocenters. The smallest absolute Gasteiger partial charge is 0.256 e. The number of benzene rings is 1. The van der Waals surface area contributed by atoms with Crippen molar-refractivity contribution in [2.45, 2.75) is 43.9 Å². The zero-order valence-corrected chi connectivity index (χ0v) is 19.4. The van der Waals surface area contributed by atoms with Crippen LogP contribution in [-0.2, 0) is 14.8 Å². The quantitative estimate of drug-likeness (QED) is 0.554. The van der Waals surface area contributed by atoms with Crippen LogP contribution in [0.25, 0.3) is 4.85 Å². The second kappa shape index (κ2) is 9.77. The van der Waals surface area contributed by atoms with Gasteiger partial charge >= 0.3 is 0 Å². The molecule has 1 N–H and O–H groups in total. The predicted molar refractivity (Wildman–Crippen MR) is 121 cm³/mol. The second-order valence-electron chi connectivity index (χ2n) is 7.98. The lowest BCUT2D eigenvalue weighted by atomic mass is 10.0. The molecule has 2 aromatic rings. The third-order valence-corrected chi connectivity index (χ3v) is 8.09. The highest BCUT2D eigenvalue weighted by Gasteiger charge is 2.47. The van der Waals surface area contributed by atoms with Crippen LogP contribution < -0.4 is 10.1 Å². The molecule has 2 aliphatic rings. The molecule has 12 heteroatoms. The number of piperidine rings is 1. The van der Waals surface area contributed by atoms with Crippen molar-refractivity contribution in [1.29, 1.82) is 0 Å². The van der Waals surface area contributed by atoms with Crippen LogP contribution in [0, 0.1) is 12.4 Å². The lowest BCUT2D eigenvalue weighted by Gasteiger charge is -2.37. The molecule has 2 bridgehead atoms. The highest BCUT2D eigenvalue weighted by molar-refractivity contribution is 7.89. The number of nitrogens with zero attached hydrogens (tertiary/aromatic N) is 4. The topological polar surface area (TPSA) is 98.0 Å². The van der Waals surface area contributed by atoms with Crippen molar-refractivity contribution in [2.24, 2.45) is 0 Å². The van der Waals surface area contributed by atoms with E-state index in [4.69, 9.17) is 27.6 Å². The molecular formula is C21H23ClFN5O4S. The predicted octanol–water partition coefficient (Wildman–Crippen LogP) is 3.91. The summed E-state index contributed by atoms with van der Waals surface area (Å²) in [4.78, 5) is 11.2. The van der Waals surface area contributed by atoms with E-state index in [1.807, 2.05) is 0 Å². The molecule has 0 amide bonds. The largest absolute Gasteiger partial charge is 0.472 e. The number of anilines is 2. The third kappa shape index (κ3) is 5.04. The molecule has 0 radical (unpaired) electrons. The molecule has 0 saturated carbocycles. The Labute approximate surface area is 196 Å². The Kier molecular flexibility index (Phi) is 6.99. The maximum Gasteiger partial charge on any atom is 0.256 e. The molecule has 0 aliphatic carbocycles. The Morgan fingerprint density at radius 3 is 2.67 bits per heavy atom. The molecule has 2 atom stereocenters. The van der Waals surface area contributed by atoms with Crippen LogP contribution in [0.3, 0.4) is 0 Å². The first-order valence-electron chi connectivity index (χ1n) is 10.4. The fourth-order valence-electron chi connectivity index (χ4n) is 4.41. The van der Waals surface area contributed by atoms with E-state index in [2.05, 4.69) is 20.1 Å². The fraction of sp³-hybridized carbons (Fsp3) is 0.476. The van der Waals surface area contributed by atoms with Gasteiger partial charge in [-0.05, 0) is 25.0 Å². The molecule has 3 heterocycles. The van der Waals surface area contributed by atoms with E-state index in [0.29, 0.717) is 24.2 Å². The van der Waals surface area contributed by atoms with Crippen LogP contribution in [0.1, 0.15) is 25.7 Å². The van der Waals surface area contributed by atoms with Gasteiger partial charge in [0.1, 0.15) is 12.4 Å². The number of halogens is 2. The van der Waals surface area contributed by atoms with E-state index in [9.17, 15) is 8.42 Å². The molecule has 2 saturated heterocycles. The van der Waals surface area contributed by atoms with Crippen molar-refractivity contribution < 1.29 is 22.3 Å². The minimum absolute atomic E-state index is 0.0585. The van der Waals surface area contributed by atoms with Crippen molar-refractivity contribution in [3.05, 3.63) is 46.8 Å². The van der Waals surface area contributed by atoms with Crippen molar-refractivity contribution in [1.82, 2.24) is 14.3 Å². The van der Waals surface area contributed by atoms with Crippen LogP contribution in [0.2, 0.25) is 5.02 Å². The van der Waals surface area contributed by atoms with Gasteiger partial charge in [0.15, 0.2) is 11.5 Å². The number of rotatable bonds is 8. The zero-order valence-electron chi connectivity index (χ0n) is 17.9. The van der Waals surface area contributed by atoms with E-state index in [0.717, 1.165) is 12.8 Å². The number of fused-ring (bicyclic) bond motifs is 2. The van der Waals surface area contributed by atoms with Gasteiger partial charge in [-0.25, -0.2) is 18.2 Å². The van der Waals surface area contributed by atoms with Crippen LogP contribution in [-0.4, -0.2) is 60.3 Å². The van der Waals surface area contributed by atoms with E-state index in [1.165, 1.54) is 19.5 Å². The van der Waals surface area contributed by atoms with Crippen LogP contribution in [0.15, 0.2) is 24.5 Å². The number of aromatic nitrogens is 2. The SMILES string of the molecule is [C-]#[N+]c1ccc(Nc2ncnc(OC3C[C@@H]4CC[C@@H](C3)N4S(=O)(=O)CCOC)c2F)c(Cl)c1. The molecule has 2 fully saturated rings. The van der Waals surface area contributed by atoms with Crippen molar-refractivity contribution in [2.75, 3.05) is 24.8 Å². The first-order valence-corrected chi connectivity index (χ1v) is 12.4. The summed E-state index contributed by atoms with van der Waals surface area (Å²) in [7, 11) is -1.95. The Hall–Kier alpha value is -2.52. The van der Waals surface area contributed by atoms with Gasteiger partial charge in [-0.2, -0.15) is 13.7 Å². The molecule has 33 heavy (non-hydrogen) atoms. The molecule has 176 valence electrons. The average molecular weight is 496 g/mol. The minimum Gasteiger partial charge on any atom is -0.472 e. The Balaban J connectivity index is 1.46. The Morgan fingerprint density at radius 2 is 2.03 bits per heavy atom. The number of methoxy groups -OCH3 is 1. The fourth-order valence-corrected chi connectivity index (χ4v) is 6.51. The molecule has 1 aromatic heterocycles. The molecule has 2 aliphatic heterocycles. The summed E-state index contributed by atoms with van der Waals surface area (Å²) in [6, 6.07) is 4.23. The number of nitrogens with one attached hydrogen (secondary N) is 1. The average Bonchev–Trinajstić information content (AvgIpc) is 3.08. The number of ether oxygens (including phenoxy) is 2.